The van der Waals surface area contributed by atoms with Crippen LogP contribution < -0.4 is 0 Å². The number of aliphatic hydroxyl groups is 1. The number of likely N-dealkylation sites (tertiary alicyclic amines) is 1. The Bertz CT molecular complexity index is 431. The molecule has 19 heavy (non-hydrogen) atoms. The number of hydrogen-bond donors (Lipinski definition) is 1. The minimum atomic E-state index is -0.170. The lowest BCUT2D eigenvalue weighted by Crippen LogP contribution is -2.37. The second-order valence-corrected chi connectivity index (χ2v) is 6.15. The molecule has 0 bridgehead atoms. The van der Waals surface area contributed by atoms with Crippen molar-refractivity contribution in [1.29, 1.82) is 0 Å². The van der Waals surface area contributed by atoms with E-state index in [2.05, 4.69) is 55.9 Å². The predicted octanol–water partition coefficient (Wildman–Crippen LogP) is 1.80. The van der Waals surface area contributed by atoms with E-state index >= 15 is 0 Å². The highest BCUT2D eigenvalue weighted by Crippen LogP contribution is 2.22. The summed E-state index contributed by atoms with van der Waals surface area (Å²) in [6, 6.07) is 7.14. The lowest BCUT2D eigenvalue weighted by molar-refractivity contribution is 0.169. The molecule has 1 saturated heterocycles. The van der Waals surface area contributed by atoms with Crippen molar-refractivity contribution in [3.63, 3.8) is 0 Å². The number of likely N-dealkylation sites (N-methyl/N-ethyl adjacent to an activating group) is 1. The van der Waals surface area contributed by atoms with Crippen LogP contribution in [0.3, 0.4) is 0 Å². The van der Waals surface area contributed by atoms with E-state index < -0.39 is 0 Å². The normalized spacial score (nSPS) is 24.3. The minimum absolute atomic E-state index is 0.170. The molecule has 3 nitrogen and oxygen atoms in total. The second-order valence-electron chi connectivity index (χ2n) is 6.15. The third-order valence-electron chi connectivity index (χ3n) is 4.04. The van der Waals surface area contributed by atoms with Crippen LogP contribution in [0.4, 0.5) is 0 Å². The second kappa shape index (κ2) is 6.04. The Hall–Kier alpha value is -0.900. The van der Waals surface area contributed by atoms with Crippen LogP contribution >= 0.6 is 0 Å². The van der Waals surface area contributed by atoms with E-state index in [1.807, 2.05) is 0 Å². The molecule has 2 atom stereocenters. The summed E-state index contributed by atoms with van der Waals surface area (Å²) in [6.45, 7) is 7.06. The van der Waals surface area contributed by atoms with E-state index in [0.717, 1.165) is 26.1 Å². The van der Waals surface area contributed by atoms with Crippen molar-refractivity contribution in [3.05, 3.63) is 34.9 Å². The SMILES string of the molecule is Cc1ccc(CN2CC(O)CC2CN(C)C)cc1C. The first-order chi connectivity index (χ1) is 8.95. The van der Waals surface area contributed by atoms with Crippen molar-refractivity contribution in [2.75, 3.05) is 27.2 Å². The molecule has 0 spiro atoms. The molecule has 0 aliphatic carbocycles. The molecule has 0 radical (unpaired) electrons. The van der Waals surface area contributed by atoms with Gasteiger partial charge >= 0.3 is 0 Å². The molecule has 106 valence electrons. The Morgan fingerprint density at radius 1 is 1.26 bits per heavy atom. The smallest absolute Gasteiger partial charge is 0.0682 e. The van der Waals surface area contributed by atoms with E-state index in [0.29, 0.717) is 6.04 Å². The monoisotopic (exact) mass is 262 g/mol. The zero-order valence-electron chi connectivity index (χ0n) is 12.6. The van der Waals surface area contributed by atoms with Gasteiger partial charge in [-0.05, 0) is 51.1 Å². The number of benzene rings is 1. The molecule has 1 aliphatic rings. The van der Waals surface area contributed by atoms with Gasteiger partial charge in [0.2, 0.25) is 0 Å². The Labute approximate surface area is 116 Å². The number of aryl methyl sites for hydroxylation is 2. The van der Waals surface area contributed by atoms with Crippen LogP contribution in [0.5, 0.6) is 0 Å². The van der Waals surface area contributed by atoms with Crippen LogP contribution in [0.25, 0.3) is 0 Å². The molecule has 1 N–H and O–H groups in total. The van der Waals surface area contributed by atoms with Crippen LogP contribution in [0, 0.1) is 13.8 Å². The van der Waals surface area contributed by atoms with Crippen molar-refractivity contribution in [2.24, 2.45) is 0 Å². The summed E-state index contributed by atoms with van der Waals surface area (Å²) in [7, 11) is 4.19. The first-order valence-corrected chi connectivity index (χ1v) is 7.08. The molecular formula is C16H26N2O. The van der Waals surface area contributed by atoms with Gasteiger partial charge in [0.15, 0.2) is 0 Å². The highest BCUT2D eigenvalue weighted by atomic mass is 16.3. The van der Waals surface area contributed by atoms with Gasteiger partial charge < -0.3 is 10.0 Å². The molecule has 3 heteroatoms. The number of rotatable bonds is 4. The Kier molecular flexibility index (Phi) is 4.61. The Morgan fingerprint density at radius 2 is 2.00 bits per heavy atom. The van der Waals surface area contributed by atoms with Crippen molar-refractivity contribution >= 4 is 0 Å². The summed E-state index contributed by atoms with van der Waals surface area (Å²) in [5, 5.41) is 9.90. The fourth-order valence-corrected chi connectivity index (χ4v) is 2.90. The number of aliphatic hydroxyl groups excluding tert-OH is 1. The summed E-state index contributed by atoms with van der Waals surface area (Å²) >= 11 is 0. The van der Waals surface area contributed by atoms with Crippen molar-refractivity contribution in [3.8, 4) is 0 Å². The summed E-state index contributed by atoms with van der Waals surface area (Å²) in [5.74, 6) is 0. The van der Waals surface area contributed by atoms with Crippen LogP contribution in [0.15, 0.2) is 18.2 Å². The number of β-amino-alcohol motifs (C(OH)–C–C–N with tert-alkyl or cyclic N) is 1. The highest BCUT2D eigenvalue weighted by Gasteiger charge is 2.30. The summed E-state index contributed by atoms with van der Waals surface area (Å²) in [5.41, 5.74) is 4.04. The van der Waals surface area contributed by atoms with Gasteiger partial charge in [-0.1, -0.05) is 18.2 Å². The van der Waals surface area contributed by atoms with E-state index in [1.54, 1.807) is 0 Å². The minimum Gasteiger partial charge on any atom is -0.392 e. The van der Waals surface area contributed by atoms with E-state index in [1.165, 1.54) is 16.7 Å². The fraction of sp³-hybridized carbons (Fsp3) is 0.625. The van der Waals surface area contributed by atoms with Gasteiger partial charge in [-0.15, -0.1) is 0 Å². The van der Waals surface area contributed by atoms with Gasteiger partial charge in [0.25, 0.3) is 0 Å². The molecule has 2 unspecified atom stereocenters. The molecule has 0 aromatic heterocycles. The molecule has 0 amide bonds. The zero-order chi connectivity index (χ0) is 14.0. The Morgan fingerprint density at radius 3 is 2.63 bits per heavy atom. The first kappa shape index (κ1) is 14.5. The lowest BCUT2D eigenvalue weighted by Gasteiger charge is -2.26. The van der Waals surface area contributed by atoms with Gasteiger partial charge in [-0.3, -0.25) is 4.90 Å². The highest BCUT2D eigenvalue weighted by molar-refractivity contribution is 5.30. The van der Waals surface area contributed by atoms with E-state index in [9.17, 15) is 5.11 Å². The average Bonchev–Trinajstić information content (AvgIpc) is 2.63. The topological polar surface area (TPSA) is 26.7 Å². The molecule has 1 aromatic rings. The van der Waals surface area contributed by atoms with Crippen LogP contribution in [-0.4, -0.2) is 54.2 Å². The molecule has 1 aromatic carbocycles. The van der Waals surface area contributed by atoms with Crippen LogP contribution in [-0.2, 0) is 6.54 Å². The zero-order valence-corrected chi connectivity index (χ0v) is 12.6. The maximum absolute atomic E-state index is 9.90. The molecular weight excluding hydrogens is 236 g/mol. The first-order valence-electron chi connectivity index (χ1n) is 7.08. The summed E-state index contributed by atoms with van der Waals surface area (Å²) in [6.07, 6.45) is 0.722. The molecule has 2 rings (SSSR count). The van der Waals surface area contributed by atoms with Crippen LogP contribution in [0.1, 0.15) is 23.1 Å². The standard InChI is InChI=1S/C16H26N2O/c1-12-5-6-14(7-13(12)2)9-18-11-16(19)8-15(18)10-17(3)4/h5-7,15-16,19H,8-11H2,1-4H3. The van der Waals surface area contributed by atoms with Crippen LogP contribution in [0.2, 0.25) is 0 Å². The molecule has 0 saturated carbocycles. The molecule has 1 fully saturated rings. The molecule has 1 heterocycles. The number of nitrogens with zero attached hydrogens (tertiary/aromatic N) is 2. The maximum Gasteiger partial charge on any atom is 0.0682 e. The largest absolute Gasteiger partial charge is 0.392 e. The predicted molar refractivity (Wildman–Crippen MR) is 79.3 cm³/mol. The maximum atomic E-state index is 9.90. The third kappa shape index (κ3) is 3.78. The third-order valence-corrected chi connectivity index (χ3v) is 4.04. The van der Waals surface area contributed by atoms with Gasteiger partial charge in [0.1, 0.15) is 0 Å². The average molecular weight is 262 g/mol. The van der Waals surface area contributed by atoms with Crippen molar-refractivity contribution in [1.82, 2.24) is 9.80 Å². The lowest BCUT2D eigenvalue weighted by atomic mass is 10.1. The number of hydrogen-bond acceptors (Lipinski definition) is 3. The Balaban J connectivity index is 2.05. The van der Waals surface area contributed by atoms with Gasteiger partial charge in [0.05, 0.1) is 6.10 Å². The van der Waals surface area contributed by atoms with Gasteiger partial charge in [-0.2, -0.15) is 0 Å². The van der Waals surface area contributed by atoms with Gasteiger partial charge in [0, 0.05) is 25.7 Å². The van der Waals surface area contributed by atoms with Gasteiger partial charge in [-0.25, -0.2) is 0 Å². The summed E-state index contributed by atoms with van der Waals surface area (Å²) in [4.78, 5) is 4.62. The van der Waals surface area contributed by atoms with Crippen molar-refractivity contribution in [2.45, 2.75) is 39.0 Å². The fourth-order valence-electron chi connectivity index (χ4n) is 2.90. The van der Waals surface area contributed by atoms with Crippen molar-refractivity contribution < 1.29 is 5.11 Å². The molecule has 1 aliphatic heterocycles. The summed E-state index contributed by atoms with van der Waals surface area (Å²) < 4.78 is 0. The van der Waals surface area contributed by atoms with E-state index in [-0.39, 0.29) is 6.10 Å². The quantitative estimate of drug-likeness (QED) is 0.896. The van der Waals surface area contributed by atoms with E-state index in [4.69, 9.17) is 0 Å².